The van der Waals surface area contributed by atoms with Crippen LogP contribution in [-0.4, -0.2) is 51.2 Å². The molecule has 1 amide bonds. The number of ether oxygens (including phenoxy) is 1. The molecule has 204 valence electrons. The topological polar surface area (TPSA) is 133 Å². The SMILES string of the molecule is CNC(C)(C)C=C(C#N)C(=O)N1CCCC1Cc1cc2[nH]nc(N)c2c(-c2ccc(Oc3ccccc3)cc2)n1. The van der Waals surface area contributed by atoms with Crippen molar-refractivity contribution >= 4 is 22.6 Å². The van der Waals surface area contributed by atoms with Crippen molar-refractivity contribution in [1.82, 2.24) is 25.4 Å². The fraction of sp³-hybridized carbons (Fsp3) is 0.290. The highest BCUT2D eigenvalue weighted by Gasteiger charge is 2.32. The molecule has 5 rings (SSSR count). The number of aromatic nitrogens is 3. The number of nitrogen functional groups attached to an aromatic ring is 1. The fourth-order valence-electron chi connectivity index (χ4n) is 5.03. The van der Waals surface area contributed by atoms with E-state index < -0.39 is 5.54 Å². The molecule has 9 nitrogen and oxygen atoms in total. The van der Waals surface area contributed by atoms with Gasteiger partial charge in [-0.25, -0.2) is 0 Å². The van der Waals surface area contributed by atoms with Gasteiger partial charge in [0.05, 0.1) is 16.6 Å². The van der Waals surface area contributed by atoms with Gasteiger partial charge < -0.3 is 20.7 Å². The van der Waals surface area contributed by atoms with E-state index in [1.165, 1.54) is 0 Å². The van der Waals surface area contributed by atoms with Crippen molar-refractivity contribution in [1.29, 1.82) is 5.26 Å². The van der Waals surface area contributed by atoms with E-state index in [0.29, 0.717) is 30.2 Å². The second kappa shape index (κ2) is 11.2. The van der Waals surface area contributed by atoms with Crippen LogP contribution in [0.4, 0.5) is 5.82 Å². The van der Waals surface area contributed by atoms with Gasteiger partial charge in [-0.2, -0.15) is 10.4 Å². The van der Waals surface area contributed by atoms with E-state index in [1.54, 1.807) is 13.1 Å². The molecule has 0 bridgehead atoms. The van der Waals surface area contributed by atoms with Gasteiger partial charge >= 0.3 is 0 Å². The van der Waals surface area contributed by atoms with Crippen molar-refractivity contribution < 1.29 is 9.53 Å². The first-order valence-corrected chi connectivity index (χ1v) is 13.4. The van der Waals surface area contributed by atoms with Gasteiger partial charge in [-0.1, -0.05) is 18.2 Å². The summed E-state index contributed by atoms with van der Waals surface area (Å²) in [7, 11) is 1.81. The number of carbonyl (C=O) groups is 1. The molecule has 0 saturated carbocycles. The number of pyridine rings is 1. The summed E-state index contributed by atoms with van der Waals surface area (Å²) in [5.41, 5.74) is 9.10. The van der Waals surface area contributed by atoms with Crippen molar-refractivity contribution in [2.75, 3.05) is 19.3 Å². The van der Waals surface area contributed by atoms with Crippen molar-refractivity contribution in [3.63, 3.8) is 0 Å². The Bertz CT molecular complexity index is 1580. The Kier molecular flexibility index (Phi) is 7.54. The number of para-hydroxylation sites is 1. The summed E-state index contributed by atoms with van der Waals surface area (Å²) in [5, 5.41) is 20.9. The third-order valence-electron chi connectivity index (χ3n) is 7.32. The highest BCUT2D eigenvalue weighted by atomic mass is 16.5. The van der Waals surface area contributed by atoms with Crippen molar-refractivity contribution in [3.05, 3.63) is 78.0 Å². The number of H-pyrrole nitrogens is 1. The van der Waals surface area contributed by atoms with Crippen LogP contribution in [-0.2, 0) is 11.2 Å². The Morgan fingerprint density at radius 3 is 2.65 bits per heavy atom. The van der Waals surface area contributed by atoms with Gasteiger partial charge in [-0.15, -0.1) is 0 Å². The molecule has 1 aliphatic heterocycles. The van der Waals surface area contributed by atoms with Crippen molar-refractivity contribution in [2.24, 2.45) is 0 Å². The molecular weight excluding hydrogens is 502 g/mol. The number of benzene rings is 2. The van der Waals surface area contributed by atoms with Gasteiger partial charge in [0.15, 0.2) is 5.82 Å². The normalized spacial score (nSPS) is 15.8. The molecule has 40 heavy (non-hydrogen) atoms. The number of fused-ring (bicyclic) bond motifs is 1. The number of aromatic amines is 1. The van der Waals surface area contributed by atoms with Crippen LogP contribution in [0.1, 0.15) is 32.4 Å². The molecule has 3 heterocycles. The molecule has 2 aromatic heterocycles. The van der Waals surface area contributed by atoms with Crippen LogP contribution in [0.3, 0.4) is 0 Å². The minimum atomic E-state index is -0.473. The minimum absolute atomic E-state index is 0.0679. The third kappa shape index (κ3) is 5.67. The quantitative estimate of drug-likeness (QED) is 0.214. The molecule has 0 spiro atoms. The largest absolute Gasteiger partial charge is 0.457 e. The van der Waals surface area contributed by atoms with E-state index in [0.717, 1.165) is 40.8 Å². The predicted octanol–water partition coefficient (Wildman–Crippen LogP) is 4.98. The molecule has 1 saturated heterocycles. The van der Waals surface area contributed by atoms with Crippen LogP contribution in [0.15, 0.2) is 72.3 Å². The van der Waals surface area contributed by atoms with Crippen molar-refractivity contribution in [2.45, 2.75) is 44.7 Å². The van der Waals surface area contributed by atoms with Crippen LogP contribution in [0.2, 0.25) is 0 Å². The first-order valence-electron chi connectivity index (χ1n) is 13.4. The predicted molar refractivity (Wildman–Crippen MR) is 156 cm³/mol. The van der Waals surface area contributed by atoms with Crippen molar-refractivity contribution in [3.8, 4) is 28.8 Å². The molecular formula is C31H33N7O2. The zero-order valence-electron chi connectivity index (χ0n) is 22.9. The molecule has 0 aliphatic carbocycles. The summed E-state index contributed by atoms with van der Waals surface area (Å²) in [4.78, 5) is 20.2. The van der Waals surface area contributed by atoms with E-state index in [2.05, 4.69) is 21.6 Å². The van der Waals surface area contributed by atoms with Crippen LogP contribution in [0, 0.1) is 11.3 Å². The van der Waals surface area contributed by atoms with Gasteiger partial charge in [0.25, 0.3) is 5.91 Å². The summed E-state index contributed by atoms with van der Waals surface area (Å²) >= 11 is 0. The van der Waals surface area contributed by atoms with Crippen LogP contribution in [0.5, 0.6) is 11.5 Å². The zero-order chi connectivity index (χ0) is 28.3. The van der Waals surface area contributed by atoms with Gasteiger partial charge in [0.1, 0.15) is 23.1 Å². The Morgan fingerprint density at radius 1 is 1.23 bits per heavy atom. The second-order valence-corrected chi connectivity index (χ2v) is 10.6. The maximum absolute atomic E-state index is 13.4. The number of likely N-dealkylation sites (N-methyl/N-ethyl adjacent to an activating group) is 1. The Balaban J connectivity index is 1.42. The number of nitrogens with zero attached hydrogens (tertiary/aromatic N) is 4. The maximum atomic E-state index is 13.4. The van der Waals surface area contributed by atoms with Crippen LogP contribution >= 0.6 is 0 Å². The lowest BCUT2D eigenvalue weighted by molar-refractivity contribution is -0.127. The second-order valence-electron chi connectivity index (χ2n) is 10.6. The maximum Gasteiger partial charge on any atom is 0.264 e. The van der Waals surface area contributed by atoms with E-state index in [4.69, 9.17) is 15.5 Å². The number of rotatable bonds is 8. The van der Waals surface area contributed by atoms with E-state index in [1.807, 2.05) is 79.4 Å². The summed E-state index contributed by atoms with van der Waals surface area (Å²) in [6.45, 7) is 4.46. The summed E-state index contributed by atoms with van der Waals surface area (Å²) in [6, 6.07) is 21.3. The van der Waals surface area contributed by atoms with Gasteiger partial charge in [0, 0.05) is 35.8 Å². The Hall–Kier alpha value is -4.68. The number of nitrogens with two attached hydrogens (primary N) is 1. The van der Waals surface area contributed by atoms with Crippen LogP contribution in [0.25, 0.3) is 22.2 Å². The monoisotopic (exact) mass is 535 g/mol. The number of hydrogen-bond acceptors (Lipinski definition) is 7. The summed E-state index contributed by atoms with van der Waals surface area (Å²) in [6.07, 6.45) is 3.97. The number of hydrogen-bond donors (Lipinski definition) is 3. The smallest absolute Gasteiger partial charge is 0.264 e. The molecule has 1 aliphatic rings. The molecule has 2 aromatic carbocycles. The number of anilines is 1. The molecule has 4 aromatic rings. The first kappa shape index (κ1) is 26.9. The number of amides is 1. The van der Waals surface area contributed by atoms with E-state index in [-0.39, 0.29) is 17.5 Å². The molecule has 0 radical (unpaired) electrons. The Labute approximate surface area is 233 Å². The zero-order valence-corrected chi connectivity index (χ0v) is 22.9. The average Bonchev–Trinajstić information content (AvgIpc) is 3.58. The number of nitriles is 1. The van der Waals surface area contributed by atoms with Crippen LogP contribution < -0.4 is 15.8 Å². The summed E-state index contributed by atoms with van der Waals surface area (Å²) in [5.74, 6) is 1.61. The lowest BCUT2D eigenvalue weighted by atomic mass is 10.0. The molecule has 4 N–H and O–H groups in total. The Morgan fingerprint density at radius 2 is 1.95 bits per heavy atom. The van der Waals surface area contributed by atoms with E-state index >= 15 is 0 Å². The lowest BCUT2D eigenvalue weighted by Gasteiger charge is -2.26. The standard InChI is InChI=1S/C31H33N7O2/c1-31(2,34-3)18-21(19-32)30(39)38-15-7-8-23(38)16-22-17-26-27(29(33)37-36-26)28(35-22)20-11-13-25(14-12-20)40-24-9-5-4-6-10-24/h4-6,9-14,17-18,23,34H,7-8,15-16H2,1-3H3,(H3,33,36,37). The summed E-state index contributed by atoms with van der Waals surface area (Å²) < 4.78 is 5.95. The first-order chi connectivity index (χ1) is 19.3. The fourth-order valence-corrected chi connectivity index (χ4v) is 5.03. The molecule has 1 unspecified atom stereocenters. The number of likely N-dealkylation sites (tertiary alicyclic amines) is 1. The minimum Gasteiger partial charge on any atom is -0.457 e. The number of carbonyl (C=O) groups excluding carboxylic acids is 1. The molecule has 9 heteroatoms. The third-order valence-corrected chi connectivity index (χ3v) is 7.32. The number of nitrogens with one attached hydrogen (secondary N) is 2. The highest BCUT2D eigenvalue weighted by Crippen LogP contribution is 2.33. The van der Waals surface area contributed by atoms with Gasteiger partial charge in [-0.05, 0) is 82.3 Å². The van der Waals surface area contributed by atoms with Gasteiger partial charge in [-0.3, -0.25) is 14.9 Å². The lowest BCUT2D eigenvalue weighted by Crippen LogP contribution is -2.40. The molecule has 1 atom stereocenters. The molecule has 1 fully saturated rings. The average molecular weight is 536 g/mol. The highest BCUT2D eigenvalue weighted by molar-refractivity contribution is 6.00. The van der Waals surface area contributed by atoms with Gasteiger partial charge in [0.2, 0.25) is 0 Å². The van der Waals surface area contributed by atoms with E-state index in [9.17, 15) is 10.1 Å².